The number of hydrogen-bond acceptors (Lipinski definition) is 2. The Morgan fingerprint density at radius 1 is 1.30 bits per heavy atom. The summed E-state index contributed by atoms with van der Waals surface area (Å²) in [5.41, 5.74) is -0.769. The van der Waals surface area contributed by atoms with Crippen molar-refractivity contribution in [1.82, 2.24) is 5.32 Å². The summed E-state index contributed by atoms with van der Waals surface area (Å²) in [4.78, 5) is 1.93. The molecule has 0 aliphatic carbocycles. The lowest BCUT2D eigenvalue weighted by molar-refractivity contribution is -0.139. The normalized spacial score (nSPS) is 20.6. The first-order valence-electron chi connectivity index (χ1n) is 6.65. The van der Waals surface area contributed by atoms with Crippen molar-refractivity contribution in [3.05, 3.63) is 29.6 Å². The molecule has 1 unspecified atom stereocenters. The second-order valence-corrected chi connectivity index (χ2v) is 5.37. The molecule has 1 aromatic rings. The number of alkyl halides is 3. The third kappa shape index (κ3) is 3.06. The summed E-state index contributed by atoms with van der Waals surface area (Å²) in [6, 6.07) is 3.34. The van der Waals surface area contributed by atoms with Crippen LogP contribution >= 0.6 is 0 Å². The molecule has 1 fully saturated rings. The van der Waals surface area contributed by atoms with E-state index in [1.807, 2.05) is 18.7 Å². The number of halogens is 4. The van der Waals surface area contributed by atoms with Crippen molar-refractivity contribution in [1.29, 1.82) is 0 Å². The lowest BCUT2D eigenvalue weighted by Crippen LogP contribution is -2.53. The molecule has 2 nitrogen and oxygen atoms in total. The Morgan fingerprint density at radius 2 is 2.00 bits per heavy atom. The topological polar surface area (TPSA) is 15.3 Å². The fourth-order valence-electron chi connectivity index (χ4n) is 2.55. The smallest absolute Gasteiger partial charge is 0.366 e. The van der Waals surface area contributed by atoms with E-state index in [1.165, 1.54) is 6.07 Å². The zero-order chi connectivity index (χ0) is 14.9. The van der Waals surface area contributed by atoms with Crippen LogP contribution in [-0.2, 0) is 6.18 Å². The van der Waals surface area contributed by atoms with E-state index in [4.69, 9.17) is 0 Å². The van der Waals surface area contributed by atoms with Crippen molar-refractivity contribution < 1.29 is 17.6 Å². The van der Waals surface area contributed by atoms with Crippen LogP contribution in [0.2, 0.25) is 0 Å². The van der Waals surface area contributed by atoms with Crippen molar-refractivity contribution in [2.24, 2.45) is 5.92 Å². The van der Waals surface area contributed by atoms with Gasteiger partial charge < -0.3 is 10.2 Å². The van der Waals surface area contributed by atoms with E-state index in [2.05, 4.69) is 5.32 Å². The molecule has 0 aromatic heterocycles. The molecule has 0 radical (unpaired) electrons. The Hall–Kier alpha value is -1.30. The van der Waals surface area contributed by atoms with E-state index < -0.39 is 17.6 Å². The second kappa shape index (κ2) is 5.60. The van der Waals surface area contributed by atoms with Crippen LogP contribution in [0.5, 0.6) is 0 Å². The highest BCUT2D eigenvalue weighted by Crippen LogP contribution is 2.34. The molecule has 6 heteroatoms. The lowest BCUT2D eigenvalue weighted by atomic mass is 9.99. The third-order valence-corrected chi connectivity index (χ3v) is 3.64. The molecule has 0 spiro atoms. The maximum absolute atomic E-state index is 13.3. The Kier molecular flexibility index (Phi) is 4.22. The van der Waals surface area contributed by atoms with Crippen molar-refractivity contribution in [3.63, 3.8) is 0 Å². The van der Waals surface area contributed by atoms with Gasteiger partial charge in [0.15, 0.2) is 0 Å². The van der Waals surface area contributed by atoms with Gasteiger partial charge in [0.2, 0.25) is 0 Å². The van der Waals surface area contributed by atoms with Gasteiger partial charge in [0, 0.05) is 31.4 Å². The van der Waals surface area contributed by atoms with Crippen molar-refractivity contribution in [2.75, 3.05) is 24.5 Å². The van der Waals surface area contributed by atoms with Gasteiger partial charge in [0.1, 0.15) is 5.82 Å². The molecule has 0 bridgehead atoms. The minimum Gasteiger partial charge on any atom is -0.366 e. The molecule has 0 amide bonds. The minimum absolute atomic E-state index is 0.107. The highest BCUT2D eigenvalue weighted by molar-refractivity contribution is 5.51. The number of piperazine rings is 1. The molecule has 1 heterocycles. The fourth-order valence-corrected chi connectivity index (χ4v) is 2.55. The Balaban J connectivity index is 2.36. The molecular weight excluding hydrogens is 272 g/mol. The minimum atomic E-state index is -4.67. The summed E-state index contributed by atoms with van der Waals surface area (Å²) in [7, 11) is 0. The second-order valence-electron chi connectivity index (χ2n) is 5.37. The van der Waals surface area contributed by atoms with Gasteiger partial charge in [-0.25, -0.2) is 4.39 Å². The predicted molar refractivity (Wildman–Crippen MR) is 70.2 cm³/mol. The maximum Gasteiger partial charge on any atom is 0.419 e. The molecule has 112 valence electrons. The van der Waals surface area contributed by atoms with Gasteiger partial charge in [-0.05, 0) is 24.1 Å². The van der Waals surface area contributed by atoms with Crippen LogP contribution in [0.1, 0.15) is 19.4 Å². The number of nitrogens with one attached hydrogen (secondary N) is 1. The summed E-state index contributed by atoms with van der Waals surface area (Å²) in [5, 5.41) is 3.23. The summed E-state index contributed by atoms with van der Waals surface area (Å²) < 4.78 is 51.7. The zero-order valence-electron chi connectivity index (χ0n) is 11.5. The summed E-state index contributed by atoms with van der Waals surface area (Å²) in [6.45, 7) is 6.10. The third-order valence-electron chi connectivity index (χ3n) is 3.64. The first-order chi connectivity index (χ1) is 9.30. The molecule has 1 aromatic carbocycles. The molecule has 0 saturated carbocycles. The van der Waals surface area contributed by atoms with Crippen LogP contribution in [0.25, 0.3) is 0 Å². The number of nitrogens with zero attached hydrogens (tertiary/aromatic N) is 1. The van der Waals surface area contributed by atoms with E-state index >= 15 is 0 Å². The Labute approximate surface area is 115 Å². The summed E-state index contributed by atoms with van der Waals surface area (Å²) in [6.07, 6.45) is -4.67. The van der Waals surface area contributed by atoms with Crippen LogP contribution in [0, 0.1) is 11.7 Å². The molecular formula is C14H18F4N2. The first kappa shape index (κ1) is 15.1. The number of benzene rings is 1. The van der Waals surface area contributed by atoms with E-state index in [0.717, 1.165) is 18.7 Å². The van der Waals surface area contributed by atoms with Crippen molar-refractivity contribution in [3.8, 4) is 0 Å². The SMILES string of the molecule is CC(C)C1CNCCN1c1ccc(F)c(C(F)(F)F)c1. The maximum atomic E-state index is 13.3. The molecule has 1 saturated heterocycles. The van der Waals surface area contributed by atoms with Gasteiger partial charge >= 0.3 is 6.18 Å². The van der Waals surface area contributed by atoms with Crippen LogP contribution in [0.15, 0.2) is 18.2 Å². The molecule has 1 aliphatic rings. The van der Waals surface area contributed by atoms with E-state index in [1.54, 1.807) is 0 Å². The molecule has 1 aliphatic heterocycles. The predicted octanol–water partition coefficient (Wildman–Crippen LogP) is 3.28. The van der Waals surface area contributed by atoms with Crippen molar-refractivity contribution in [2.45, 2.75) is 26.1 Å². The fraction of sp³-hybridized carbons (Fsp3) is 0.571. The van der Waals surface area contributed by atoms with Crippen molar-refractivity contribution >= 4 is 5.69 Å². The average molecular weight is 290 g/mol. The van der Waals surface area contributed by atoms with Crippen LogP contribution in [0.4, 0.5) is 23.2 Å². The van der Waals surface area contributed by atoms with Crippen LogP contribution in [0.3, 0.4) is 0 Å². The lowest BCUT2D eigenvalue weighted by Gasteiger charge is -2.40. The highest BCUT2D eigenvalue weighted by Gasteiger charge is 2.35. The monoisotopic (exact) mass is 290 g/mol. The van der Waals surface area contributed by atoms with Gasteiger partial charge in [0.25, 0.3) is 0 Å². The Bertz CT molecular complexity index is 471. The van der Waals surface area contributed by atoms with E-state index in [0.29, 0.717) is 24.7 Å². The number of rotatable bonds is 2. The highest BCUT2D eigenvalue weighted by atomic mass is 19.4. The summed E-state index contributed by atoms with van der Waals surface area (Å²) >= 11 is 0. The molecule has 1 atom stereocenters. The standard InChI is InChI=1S/C14H18F4N2/c1-9(2)13-8-19-5-6-20(13)10-3-4-12(15)11(7-10)14(16,17)18/h3-4,7,9,13,19H,5-6,8H2,1-2H3. The Morgan fingerprint density at radius 3 is 2.60 bits per heavy atom. The molecule has 1 N–H and O–H groups in total. The number of hydrogen-bond donors (Lipinski definition) is 1. The van der Waals surface area contributed by atoms with E-state index in [9.17, 15) is 17.6 Å². The molecule has 2 rings (SSSR count). The average Bonchev–Trinajstić information content (AvgIpc) is 2.38. The first-order valence-corrected chi connectivity index (χ1v) is 6.65. The van der Waals surface area contributed by atoms with Gasteiger partial charge in [-0.2, -0.15) is 13.2 Å². The zero-order valence-corrected chi connectivity index (χ0v) is 11.5. The quantitative estimate of drug-likeness (QED) is 0.841. The van der Waals surface area contributed by atoms with Crippen LogP contribution in [-0.4, -0.2) is 25.7 Å². The van der Waals surface area contributed by atoms with Gasteiger partial charge in [-0.15, -0.1) is 0 Å². The number of anilines is 1. The summed E-state index contributed by atoms with van der Waals surface area (Å²) in [5.74, 6) is -0.931. The van der Waals surface area contributed by atoms with Gasteiger partial charge in [-0.1, -0.05) is 13.8 Å². The molecule has 20 heavy (non-hydrogen) atoms. The van der Waals surface area contributed by atoms with E-state index in [-0.39, 0.29) is 6.04 Å². The largest absolute Gasteiger partial charge is 0.419 e. The van der Waals surface area contributed by atoms with Gasteiger partial charge in [0.05, 0.1) is 5.56 Å². The van der Waals surface area contributed by atoms with Crippen LogP contribution < -0.4 is 10.2 Å². The van der Waals surface area contributed by atoms with Gasteiger partial charge in [-0.3, -0.25) is 0 Å².